The Balaban J connectivity index is 2.45. The molecule has 96 valence electrons. The third-order valence-corrected chi connectivity index (χ3v) is 5.18. The van der Waals surface area contributed by atoms with E-state index in [1.807, 2.05) is 0 Å². The molecule has 0 aromatic rings. The van der Waals surface area contributed by atoms with Gasteiger partial charge in [0.2, 0.25) is 0 Å². The van der Waals surface area contributed by atoms with Crippen LogP contribution in [0.4, 0.5) is 0 Å². The van der Waals surface area contributed by atoms with Crippen molar-refractivity contribution >= 4 is 0 Å². The maximum atomic E-state index is 2.55. The fourth-order valence-electron chi connectivity index (χ4n) is 3.82. The summed E-state index contributed by atoms with van der Waals surface area (Å²) in [5.41, 5.74) is 0.634. The minimum Gasteiger partial charge on any atom is -0.0651 e. The predicted octanol–water partition coefficient (Wildman–Crippen LogP) is 5.52. The SMILES string of the molecule is CCC1C(C)C1C(C)(CC)CCCC(C)C. The van der Waals surface area contributed by atoms with Crippen LogP contribution in [0.5, 0.6) is 0 Å². The molecule has 4 atom stereocenters. The van der Waals surface area contributed by atoms with E-state index in [-0.39, 0.29) is 0 Å². The zero-order valence-electron chi connectivity index (χ0n) is 12.3. The van der Waals surface area contributed by atoms with Gasteiger partial charge in [-0.15, -0.1) is 0 Å². The lowest BCUT2D eigenvalue weighted by Gasteiger charge is -2.30. The van der Waals surface area contributed by atoms with Gasteiger partial charge in [-0.3, -0.25) is 0 Å². The van der Waals surface area contributed by atoms with E-state index >= 15 is 0 Å². The summed E-state index contributed by atoms with van der Waals surface area (Å²) >= 11 is 0. The van der Waals surface area contributed by atoms with Gasteiger partial charge in [-0.2, -0.15) is 0 Å². The van der Waals surface area contributed by atoms with E-state index in [1.165, 1.54) is 32.1 Å². The monoisotopic (exact) mass is 224 g/mol. The molecule has 0 N–H and O–H groups in total. The normalized spacial score (nSPS) is 32.8. The predicted molar refractivity (Wildman–Crippen MR) is 73.5 cm³/mol. The molecule has 1 aliphatic rings. The smallest absolute Gasteiger partial charge is 0.0295 e. The fraction of sp³-hybridized carbons (Fsp3) is 1.00. The molecule has 1 saturated carbocycles. The quantitative estimate of drug-likeness (QED) is 0.534. The number of hydrogen-bond donors (Lipinski definition) is 0. The average molecular weight is 224 g/mol. The maximum absolute atomic E-state index is 2.55. The molecular formula is C16H32. The van der Waals surface area contributed by atoms with E-state index in [0.29, 0.717) is 5.41 Å². The topological polar surface area (TPSA) is 0 Å². The molecule has 0 saturated heterocycles. The van der Waals surface area contributed by atoms with Crippen molar-refractivity contribution in [3.8, 4) is 0 Å². The van der Waals surface area contributed by atoms with Gasteiger partial charge in [0.15, 0.2) is 0 Å². The van der Waals surface area contributed by atoms with Crippen molar-refractivity contribution in [1.29, 1.82) is 0 Å². The summed E-state index contributed by atoms with van der Waals surface area (Å²) in [6.45, 7) is 14.5. The van der Waals surface area contributed by atoms with Gasteiger partial charge in [-0.25, -0.2) is 0 Å². The van der Waals surface area contributed by atoms with Gasteiger partial charge >= 0.3 is 0 Å². The number of hydrogen-bond acceptors (Lipinski definition) is 0. The highest BCUT2D eigenvalue weighted by molar-refractivity contribution is 5.02. The number of rotatable bonds is 7. The van der Waals surface area contributed by atoms with Gasteiger partial charge in [0.1, 0.15) is 0 Å². The second-order valence-electron chi connectivity index (χ2n) is 6.75. The second-order valence-corrected chi connectivity index (χ2v) is 6.75. The molecule has 16 heavy (non-hydrogen) atoms. The van der Waals surface area contributed by atoms with E-state index < -0.39 is 0 Å². The molecule has 1 rings (SSSR count). The van der Waals surface area contributed by atoms with Gasteiger partial charge in [0.25, 0.3) is 0 Å². The van der Waals surface area contributed by atoms with Crippen molar-refractivity contribution < 1.29 is 0 Å². The third-order valence-electron chi connectivity index (χ3n) is 5.18. The van der Waals surface area contributed by atoms with Crippen LogP contribution in [0.3, 0.4) is 0 Å². The van der Waals surface area contributed by atoms with Crippen LogP contribution in [-0.4, -0.2) is 0 Å². The lowest BCUT2D eigenvalue weighted by molar-refractivity contribution is 0.206. The largest absolute Gasteiger partial charge is 0.0651 e. The second kappa shape index (κ2) is 5.56. The first-order valence-corrected chi connectivity index (χ1v) is 7.46. The maximum Gasteiger partial charge on any atom is -0.0295 e. The molecule has 0 aromatic carbocycles. The molecule has 0 aromatic heterocycles. The molecule has 0 heterocycles. The van der Waals surface area contributed by atoms with Crippen LogP contribution in [0.15, 0.2) is 0 Å². The highest BCUT2D eigenvalue weighted by Crippen LogP contribution is 2.60. The Kier molecular flexibility index (Phi) is 4.88. The van der Waals surface area contributed by atoms with Crippen molar-refractivity contribution in [3.05, 3.63) is 0 Å². The summed E-state index contributed by atoms with van der Waals surface area (Å²) in [5, 5.41) is 0. The van der Waals surface area contributed by atoms with Crippen LogP contribution in [0.1, 0.15) is 73.6 Å². The van der Waals surface area contributed by atoms with Crippen LogP contribution in [0.2, 0.25) is 0 Å². The minimum atomic E-state index is 0.634. The fourth-order valence-corrected chi connectivity index (χ4v) is 3.82. The van der Waals surface area contributed by atoms with E-state index in [9.17, 15) is 0 Å². The first-order chi connectivity index (χ1) is 7.46. The molecule has 0 aliphatic heterocycles. The van der Waals surface area contributed by atoms with Gasteiger partial charge in [0.05, 0.1) is 0 Å². The summed E-state index contributed by atoms with van der Waals surface area (Å²) in [6, 6.07) is 0. The first-order valence-electron chi connectivity index (χ1n) is 7.46. The van der Waals surface area contributed by atoms with Crippen molar-refractivity contribution in [2.75, 3.05) is 0 Å². The summed E-state index contributed by atoms with van der Waals surface area (Å²) < 4.78 is 0. The lowest BCUT2D eigenvalue weighted by Crippen LogP contribution is -2.20. The molecule has 0 nitrogen and oxygen atoms in total. The zero-order chi connectivity index (χ0) is 12.3. The average Bonchev–Trinajstić information content (AvgIpc) is 2.89. The third kappa shape index (κ3) is 3.02. The van der Waals surface area contributed by atoms with Crippen LogP contribution in [0, 0.1) is 29.1 Å². The Morgan fingerprint density at radius 1 is 1.19 bits per heavy atom. The van der Waals surface area contributed by atoms with Crippen LogP contribution in [-0.2, 0) is 0 Å². The highest BCUT2D eigenvalue weighted by Gasteiger charge is 2.53. The van der Waals surface area contributed by atoms with E-state index in [1.54, 1.807) is 0 Å². The van der Waals surface area contributed by atoms with Gasteiger partial charge in [-0.05, 0) is 35.5 Å². The molecule has 0 heteroatoms. The van der Waals surface area contributed by atoms with E-state index in [4.69, 9.17) is 0 Å². The first kappa shape index (κ1) is 14.1. The summed E-state index contributed by atoms with van der Waals surface area (Å²) in [4.78, 5) is 0. The van der Waals surface area contributed by atoms with Crippen molar-refractivity contribution in [1.82, 2.24) is 0 Å². The van der Waals surface area contributed by atoms with Gasteiger partial charge in [0, 0.05) is 0 Å². The lowest BCUT2D eigenvalue weighted by atomic mass is 9.75. The van der Waals surface area contributed by atoms with E-state index in [0.717, 1.165) is 23.7 Å². The van der Waals surface area contributed by atoms with Gasteiger partial charge < -0.3 is 0 Å². The van der Waals surface area contributed by atoms with Crippen LogP contribution >= 0.6 is 0 Å². The Bertz CT molecular complexity index is 206. The summed E-state index contributed by atoms with van der Waals surface area (Å²) in [6.07, 6.45) is 7.06. The Labute approximate surface area is 103 Å². The van der Waals surface area contributed by atoms with Crippen molar-refractivity contribution in [3.63, 3.8) is 0 Å². The van der Waals surface area contributed by atoms with Crippen LogP contribution in [0.25, 0.3) is 0 Å². The van der Waals surface area contributed by atoms with Gasteiger partial charge in [-0.1, -0.05) is 67.2 Å². The Morgan fingerprint density at radius 3 is 2.19 bits per heavy atom. The molecule has 1 aliphatic carbocycles. The van der Waals surface area contributed by atoms with Crippen LogP contribution < -0.4 is 0 Å². The Morgan fingerprint density at radius 2 is 1.81 bits per heavy atom. The molecule has 0 bridgehead atoms. The van der Waals surface area contributed by atoms with E-state index in [2.05, 4.69) is 41.5 Å². The molecular weight excluding hydrogens is 192 g/mol. The summed E-state index contributed by atoms with van der Waals surface area (Å²) in [7, 11) is 0. The van der Waals surface area contributed by atoms with Crippen molar-refractivity contribution in [2.24, 2.45) is 29.1 Å². The molecule has 0 radical (unpaired) electrons. The molecule has 1 fully saturated rings. The molecule has 0 amide bonds. The minimum absolute atomic E-state index is 0.634. The van der Waals surface area contributed by atoms with Crippen molar-refractivity contribution in [2.45, 2.75) is 73.6 Å². The Hall–Kier alpha value is 0. The molecule has 0 spiro atoms. The summed E-state index contributed by atoms with van der Waals surface area (Å²) in [5.74, 6) is 3.92. The standard InChI is InChI=1S/C16H32/c1-7-14-13(5)15(14)16(6,8-2)11-9-10-12(3)4/h12-15H,7-11H2,1-6H3. The zero-order valence-corrected chi connectivity index (χ0v) is 12.3. The molecule has 4 unspecified atom stereocenters. The highest BCUT2D eigenvalue weighted by atomic mass is 14.6.